The lowest BCUT2D eigenvalue weighted by atomic mass is 10.1. The number of halogens is 3. The molecule has 1 nitrogen and oxygen atoms in total. The summed E-state index contributed by atoms with van der Waals surface area (Å²) in [5.41, 5.74) is 0.408. The van der Waals surface area contributed by atoms with Crippen molar-refractivity contribution in [2.75, 3.05) is 13.1 Å². The van der Waals surface area contributed by atoms with Crippen molar-refractivity contribution in [3.8, 4) is 0 Å². The van der Waals surface area contributed by atoms with Gasteiger partial charge in [0, 0.05) is 24.0 Å². The molecule has 1 aromatic carbocycles. The highest BCUT2D eigenvalue weighted by molar-refractivity contribution is 6.20. The molecule has 1 saturated heterocycles. The van der Waals surface area contributed by atoms with Crippen LogP contribution in [0.25, 0.3) is 0 Å². The molecular formula is C12H14ClF2N. The molecule has 0 spiro atoms. The van der Waals surface area contributed by atoms with Gasteiger partial charge in [-0.1, -0.05) is 12.1 Å². The molecule has 4 heteroatoms. The van der Waals surface area contributed by atoms with Crippen LogP contribution in [0.3, 0.4) is 0 Å². The summed E-state index contributed by atoms with van der Waals surface area (Å²) in [7, 11) is 0. The summed E-state index contributed by atoms with van der Waals surface area (Å²) < 4.78 is 26.4. The summed E-state index contributed by atoms with van der Waals surface area (Å²) in [4.78, 5) is 2.07. The van der Waals surface area contributed by atoms with E-state index in [9.17, 15) is 8.78 Å². The molecule has 0 saturated carbocycles. The second-order valence-corrected chi connectivity index (χ2v) is 4.80. The number of likely N-dealkylation sites (tertiary alicyclic amines) is 1. The van der Waals surface area contributed by atoms with E-state index in [-0.39, 0.29) is 5.38 Å². The van der Waals surface area contributed by atoms with Crippen molar-refractivity contribution in [3.63, 3.8) is 0 Å². The lowest BCUT2D eigenvalue weighted by Gasteiger charge is -2.29. The summed E-state index contributed by atoms with van der Waals surface area (Å²) in [6.45, 7) is 2.09. The Bertz CT molecular complexity index is 370. The van der Waals surface area contributed by atoms with E-state index < -0.39 is 11.6 Å². The zero-order valence-electron chi connectivity index (χ0n) is 8.93. The van der Waals surface area contributed by atoms with E-state index >= 15 is 0 Å². The van der Waals surface area contributed by atoms with Gasteiger partial charge >= 0.3 is 0 Å². The van der Waals surface area contributed by atoms with Crippen LogP contribution in [0.1, 0.15) is 18.4 Å². The van der Waals surface area contributed by atoms with Gasteiger partial charge in [-0.15, -0.1) is 11.6 Å². The molecule has 1 heterocycles. The molecule has 1 unspecified atom stereocenters. The third-order valence-electron chi connectivity index (χ3n) is 2.87. The number of nitrogens with zero attached hydrogens (tertiary/aromatic N) is 1. The fourth-order valence-corrected chi connectivity index (χ4v) is 2.40. The molecule has 16 heavy (non-hydrogen) atoms. The average molecular weight is 246 g/mol. The predicted molar refractivity (Wildman–Crippen MR) is 60.5 cm³/mol. The minimum atomic E-state index is -0.781. The molecule has 0 amide bonds. The van der Waals surface area contributed by atoms with E-state index in [1.54, 1.807) is 6.07 Å². The predicted octanol–water partition coefficient (Wildman–Crippen LogP) is 3.17. The van der Waals surface area contributed by atoms with Crippen LogP contribution < -0.4 is 0 Å². The van der Waals surface area contributed by atoms with Crippen molar-refractivity contribution < 1.29 is 8.78 Å². The van der Waals surface area contributed by atoms with Crippen LogP contribution in [0, 0.1) is 11.6 Å². The molecular weight excluding hydrogens is 232 g/mol. The molecule has 1 aromatic rings. The minimum Gasteiger partial charge on any atom is -0.298 e. The number of hydrogen-bond acceptors (Lipinski definition) is 1. The van der Waals surface area contributed by atoms with Gasteiger partial charge in [-0.3, -0.25) is 4.90 Å². The second-order valence-electron chi connectivity index (χ2n) is 4.19. The van der Waals surface area contributed by atoms with Crippen molar-refractivity contribution >= 4 is 11.6 Å². The van der Waals surface area contributed by atoms with Gasteiger partial charge in [0.1, 0.15) is 0 Å². The Morgan fingerprint density at radius 1 is 1.38 bits per heavy atom. The van der Waals surface area contributed by atoms with Gasteiger partial charge in [-0.25, -0.2) is 8.78 Å². The minimum absolute atomic E-state index is 0.130. The molecule has 1 aliphatic rings. The number of alkyl halides is 1. The highest BCUT2D eigenvalue weighted by atomic mass is 35.5. The van der Waals surface area contributed by atoms with Crippen LogP contribution in [0.4, 0.5) is 8.78 Å². The molecule has 1 aliphatic heterocycles. The molecule has 0 aromatic heterocycles. The van der Waals surface area contributed by atoms with Crippen molar-refractivity contribution in [2.45, 2.75) is 24.8 Å². The van der Waals surface area contributed by atoms with Crippen molar-refractivity contribution in [2.24, 2.45) is 0 Å². The Labute approximate surface area is 99.0 Å². The van der Waals surface area contributed by atoms with E-state index in [1.807, 2.05) is 0 Å². The van der Waals surface area contributed by atoms with E-state index in [4.69, 9.17) is 11.6 Å². The van der Waals surface area contributed by atoms with E-state index in [2.05, 4.69) is 4.90 Å². The first kappa shape index (κ1) is 11.8. The Kier molecular flexibility index (Phi) is 3.77. The smallest absolute Gasteiger partial charge is 0.163 e. The lowest BCUT2D eigenvalue weighted by Crippen LogP contribution is -2.35. The number of benzene rings is 1. The third-order valence-corrected chi connectivity index (χ3v) is 3.23. The Morgan fingerprint density at radius 2 is 2.19 bits per heavy atom. The van der Waals surface area contributed by atoms with Gasteiger partial charge in [0.05, 0.1) is 0 Å². The van der Waals surface area contributed by atoms with Gasteiger partial charge in [0.2, 0.25) is 0 Å². The maximum atomic E-state index is 13.4. The quantitative estimate of drug-likeness (QED) is 0.724. The maximum absolute atomic E-state index is 13.4. The van der Waals surface area contributed by atoms with Crippen LogP contribution in [-0.4, -0.2) is 23.4 Å². The van der Waals surface area contributed by atoms with Gasteiger partial charge in [0.15, 0.2) is 11.6 Å². The normalized spacial score (nSPS) is 22.3. The van der Waals surface area contributed by atoms with Crippen LogP contribution in [-0.2, 0) is 6.54 Å². The summed E-state index contributed by atoms with van der Waals surface area (Å²) in [6, 6.07) is 4.30. The van der Waals surface area contributed by atoms with Crippen molar-refractivity contribution in [3.05, 3.63) is 35.4 Å². The summed E-state index contributed by atoms with van der Waals surface area (Å²) in [6.07, 6.45) is 2.02. The van der Waals surface area contributed by atoms with Gasteiger partial charge in [-0.2, -0.15) is 0 Å². The molecule has 0 N–H and O–H groups in total. The third kappa shape index (κ3) is 2.71. The van der Waals surface area contributed by atoms with E-state index in [0.29, 0.717) is 12.1 Å². The standard InChI is InChI=1S/C12H14ClF2N/c13-10-4-2-6-16(8-10)7-9-3-1-5-11(14)12(9)15/h1,3,5,10H,2,4,6-8H2. The van der Waals surface area contributed by atoms with Crippen LogP contribution in [0.15, 0.2) is 18.2 Å². The van der Waals surface area contributed by atoms with Crippen molar-refractivity contribution in [1.29, 1.82) is 0 Å². The summed E-state index contributed by atoms with van der Waals surface area (Å²) in [5.74, 6) is -1.52. The average Bonchev–Trinajstić information content (AvgIpc) is 2.25. The van der Waals surface area contributed by atoms with E-state index in [1.165, 1.54) is 6.07 Å². The van der Waals surface area contributed by atoms with Gasteiger partial charge in [0.25, 0.3) is 0 Å². The lowest BCUT2D eigenvalue weighted by molar-refractivity contribution is 0.220. The first-order valence-electron chi connectivity index (χ1n) is 5.46. The first-order valence-corrected chi connectivity index (χ1v) is 5.90. The molecule has 0 aliphatic carbocycles. The summed E-state index contributed by atoms with van der Waals surface area (Å²) in [5, 5.41) is 0.130. The van der Waals surface area contributed by atoms with Gasteiger partial charge in [-0.05, 0) is 25.5 Å². The molecule has 0 bridgehead atoms. The van der Waals surface area contributed by atoms with Crippen LogP contribution in [0.5, 0.6) is 0 Å². The summed E-state index contributed by atoms with van der Waals surface area (Å²) >= 11 is 6.04. The largest absolute Gasteiger partial charge is 0.298 e. The van der Waals surface area contributed by atoms with Crippen LogP contribution >= 0.6 is 11.6 Å². The molecule has 1 atom stereocenters. The molecule has 88 valence electrons. The number of piperidine rings is 1. The van der Waals surface area contributed by atoms with Crippen molar-refractivity contribution in [1.82, 2.24) is 4.90 Å². The molecule has 2 rings (SSSR count). The Morgan fingerprint density at radius 3 is 2.94 bits per heavy atom. The molecule has 1 fully saturated rings. The first-order chi connectivity index (χ1) is 7.66. The van der Waals surface area contributed by atoms with Gasteiger partial charge < -0.3 is 0 Å². The van der Waals surface area contributed by atoms with E-state index in [0.717, 1.165) is 32.0 Å². The number of rotatable bonds is 2. The highest BCUT2D eigenvalue weighted by Crippen LogP contribution is 2.19. The fourth-order valence-electron chi connectivity index (χ4n) is 2.05. The number of hydrogen-bond donors (Lipinski definition) is 0. The topological polar surface area (TPSA) is 3.24 Å². The monoisotopic (exact) mass is 245 g/mol. The Hall–Kier alpha value is -0.670. The highest BCUT2D eigenvalue weighted by Gasteiger charge is 2.19. The fraction of sp³-hybridized carbons (Fsp3) is 0.500. The maximum Gasteiger partial charge on any atom is 0.163 e. The molecule has 0 radical (unpaired) electrons. The SMILES string of the molecule is Fc1cccc(CN2CCCC(Cl)C2)c1F. The zero-order valence-corrected chi connectivity index (χ0v) is 9.68. The zero-order chi connectivity index (χ0) is 11.5. The Balaban J connectivity index is 2.05. The van der Waals surface area contributed by atoms with Crippen LogP contribution in [0.2, 0.25) is 0 Å². The second kappa shape index (κ2) is 5.11.